The Morgan fingerprint density at radius 1 is 1.17 bits per heavy atom. The minimum atomic E-state index is -6.06. The van der Waals surface area contributed by atoms with Crippen molar-refractivity contribution in [3.63, 3.8) is 0 Å². The first-order valence-corrected chi connectivity index (χ1v) is 4.88. The van der Waals surface area contributed by atoms with Gasteiger partial charge in [0.1, 0.15) is 6.04 Å². The molecule has 1 unspecified atom stereocenters. The molecule has 0 radical (unpaired) electrons. The standard InChI is InChI=1S/C9H12F5NO3/c1-4(2)3-5(6(16)17)15-7(18)8(10,11)9(12,13)14/h4-5H,3H2,1-2H3,(H,15,18)(H,16,17). The van der Waals surface area contributed by atoms with Gasteiger partial charge in [-0.2, -0.15) is 22.0 Å². The number of carbonyl (C=O) groups is 2. The lowest BCUT2D eigenvalue weighted by Gasteiger charge is -2.22. The maximum atomic E-state index is 12.6. The summed E-state index contributed by atoms with van der Waals surface area (Å²) in [7, 11) is 0. The molecular formula is C9H12F5NO3. The average molecular weight is 277 g/mol. The fourth-order valence-corrected chi connectivity index (χ4v) is 1.07. The van der Waals surface area contributed by atoms with Gasteiger partial charge in [0, 0.05) is 0 Å². The molecule has 0 aromatic carbocycles. The fraction of sp³-hybridized carbons (Fsp3) is 0.778. The Balaban J connectivity index is 4.86. The molecule has 0 rings (SSSR count). The van der Waals surface area contributed by atoms with Gasteiger partial charge < -0.3 is 10.4 Å². The van der Waals surface area contributed by atoms with Crippen LogP contribution in [-0.2, 0) is 9.59 Å². The highest BCUT2D eigenvalue weighted by Gasteiger charge is 2.63. The van der Waals surface area contributed by atoms with E-state index in [0.29, 0.717) is 0 Å². The van der Waals surface area contributed by atoms with Crippen LogP contribution in [0.4, 0.5) is 22.0 Å². The summed E-state index contributed by atoms with van der Waals surface area (Å²) >= 11 is 0. The topological polar surface area (TPSA) is 66.4 Å². The Hall–Kier alpha value is -1.41. The number of alkyl halides is 5. The van der Waals surface area contributed by atoms with Crippen LogP contribution >= 0.6 is 0 Å². The Morgan fingerprint density at radius 2 is 1.61 bits per heavy atom. The molecule has 0 aromatic rings. The second-order valence-corrected chi connectivity index (χ2v) is 4.07. The third kappa shape index (κ3) is 4.11. The minimum Gasteiger partial charge on any atom is -0.480 e. The van der Waals surface area contributed by atoms with E-state index in [0.717, 1.165) is 0 Å². The summed E-state index contributed by atoms with van der Waals surface area (Å²) in [5.74, 6) is -10.2. The molecule has 106 valence electrons. The highest BCUT2D eigenvalue weighted by Crippen LogP contribution is 2.35. The maximum Gasteiger partial charge on any atom is 0.463 e. The number of hydrogen-bond acceptors (Lipinski definition) is 2. The number of rotatable bonds is 5. The van der Waals surface area contributed by atoms with Gasteiger partial charge >= 0.3 is 24.0 Å². The second kappa shape index (κ2) is 5.49. The summed E-state index contributed by atoms with van der Waals surface area (Å²) in [6.07, 6.45) is -6.31. The van der Waals surface area contributed by atoms with Crippen molar-refractivity contribution in [1.29, 1.82) is 0 Å². The number of amides is 1. The summed E-state index contributed by atoms with van der Waals surface area (Å²) in [6, 6.07) is -1.79. The number of carboxylic acids is 1. The predicted octanol–water partition coefficient (Wildman–Crippen LogP) is 1.80. The summed E-state index contributed by atoms with van der Waals surface area (Å²) in [5.41, 5.74) is 0. The lowest BCUT2D eigenvalue weighted by atomic mass is 10.0. The molecule has 0 aliphatic heterocycles. The zero-order valence-electron chi connectivity index (χ0n) is 9.52. The van der Waals surface area contributed by atoms with Gasteiger partial charge in [0.25, 0.3) is 0 Å². The zero-order valence-corrected chi connectivity index (χ0v) is 9.52. The minimum absolute atomic E-state index is 0.255. The summed E-state index contributed by atoms with van der Waals surface area (Å²) < 4.78 is 60.6. The van der Waals surface area contributed by atoms with E-state index in [1.54, 1.807) is 0 Å². The van der Waals surface area contributed by atoms with Crippen LogP contribution in [0.2, 0.25) is 0 Å². The van der Waals surface area contributed by atoms with Crippen LogP contribution in [0.5, 0.6) is 0 Å². The first kappa shape index (κ1) is 16.6. The van der Waals surface area contributed by atoms with Crippen molar-refractivity contribution in [2.45, 2.75) is 38.4 Å². The second-order valence-electron chi connectivity index (χ2n) is 4.07. The Labute approximate surface area is 99.2 Å². The average Bonchev–Trinajstić information content (AvgIpc) is 2.13. The van der Waals surface area contributed by atoms with Crippen LogP contribution in [0.15, 0.2) is 0 Å². The van der Waals surface area contributed by atoms with E-state index in [4.69, 9.17) is 5.11 Å². The van der Waals surface area contributed by atoms with Gasteiger partial charge in [-0.15, -0.1) is 0 Å². The van der Waals surface area contributed by atoms with Gasteiger partial charge in [-0.1, -0.05) is 13.8 Å². The predicted molar refractivity (Wildman–Crippen MR) is 50.0 cm³/mol. The number of carbonyl (C=O) groups excluding carboxylic acids is 1. The number of nitrogens with one attached hydrogen (secondary N) is 1. The van der Waals surface area contributed by atoms with Crippen molar-refractivity contribution >= 4 is 11.9 Å². The Kier molecular flexibility index (Phi) is 5.06. The van der Waals surface area contributed by atoms with Gasteiger partial charge in [0.2, 0.25) is 0 Å². The number of halogens is 5. The van der Waals surface area contributed by atoms with Gasteiger partial charge in [-0.25, -0.2) is 4.79 Å². The molecule has 1 amide bonds. The van der Waals surface area contributed by atoms with E-state index in [-0.39, 0.29) is 12.3 Å². The number of hydrogen-bond donors (Lipinski definition) is 2. The largest absolute Gasteiger partial charge is 0.480 e. The van der Waals surface area contributed by atoms with E-state index < -0.39 is 30.0 Å². The zero-order chi connectivity index (χ0) is 14.7. The Morgan fingerprint density at radius 3 is 1.89 bits per heavy atom. The monoisotopic (exact) mass is 277 g/mol. The third-order valence-electron chi connectivity index (χ3n) is 1.95. The van der Waals surface area contributed by atoms with Crippen molar-refractivity contribution < 1.29 is 36.6 Å². The van der Waals surface area contributed by atoms with Gasteiger partial charge in [-0.3, -0.25) is 4.79 Å². The van der Waals surface area contributed by atoms with Crippen molar-refractivity contribution in [2.24, 2.45) is 5.92 Å². The lowest BCUT2D eigenvalue weighted by Crippen LogP contribution is -2.54. The van der Waals surface area contributed by atoms with E-state index in [9.17, 15) is 31.5 Å². The molecule has 1 atom stereocenters. The van der Waals surface area contributed by atoms with Crippen LogP contribution in [-0.4, -0.2) is 35.1 Å². The Bertz CT molecular complexity index is 327. The van der Waals surface area contributed by atoms with Crippen LogP contribution in [0.1, 0.15) is 20.3 Å². The summed E-state index contributed by atoms with van der Waals surface area (Å²) in [5, 5.41) is 9.78. The van der Waals surface area contributed by atoms with Crippen LogP contribution in [0.25, 0.3) is 0 Å². The molecule has 0 aliphatic rings. The van der Waals surface area contributed by atoms with Crippen LogP contribution < -0.4 is 5.32 Å². The highest BCUT2D eigenvalue weighted by atomic mass is 19.4. The SMILES string of the molecule is CC(C)CC(NC(=O)C(F)(F)C(F)(F)F)C(=O)O. The summed E-state index contributed by atoms with van der Waals surface area (Å²) in [6.45, 7) is 3.06. The molecule has 4 nitrogen and oxygen atoms in total. The molecule has 0 bridgehead atoms. The lowest BCUT2D eigenvalue weighted by molar-refractivity contribution is -0.270. The third-order valence-corrected chi connectivity index (χ3v) is 1.95. The fourth-order valence-electron chi connectivity index (χ4n) is 1.07. The molecule has 0 saturated heterocycles. The smallest absolute Gasteiger partial charge is 0.463 e. The molecule has 0 aliphatic carbocycles. The van der Waals surface area contributed by atoms with Gasteiger partial charge in [-0.05, 0) is 12.3 Å². The van der Waals surface area contributed by atoms with E-state index in [1.165, 1.54) is 19.2 Å². The molecule has 0 aromatic heterocycles. The van der Waals surface area contributed by atoms with E-state index in [1.807, 2.05) is 0 Å². The first-order chi connectivity index (χ1) is 7.89. The quantitative estimate of drug-likeness (QED) is 0.753. The normalized spacial score (nSPS) is 14.4. The van der Waals surface area contributed by atoms with Crippen LogP contribution in [0.3, 0.4) is 0 Å². The van der Waals surface area contributed by atoms with E-state index >= 15 is 0 Å². The maximum absolute atomic E-state index is 12.6. The molecule has 2 N–H and O–H groups in total. The van der Waals surface area contributed by atoms with Gasteiger partial charge in [0.15, 0.2) is 0 Å². The number of aliphatic carboxylic acids is 1. The molecule has 0 heterocycles. The number of carboxylic acid groups (broad SMARTS) is 1. The van der Waals surface area contributed by atoms with Gasteiger partial charge in [0.05, 0.1) is 0 Å². The molecule has 0 saturated carbocycles. The van der Waals surface area contributed by atoms with Crippen molar-refractivity contribution in [3.8, 4) is 0 Å². The van der Waals surface area contributed by atoms with E-state index in [2.05, 4.69) is 0 Å². The van der Waals surface area contributed by atoms with Crippen molar-refractivity contribution in [1.82, 2.24) is 5.32 Å². The summed E-state index contributed by atoms with van der Waals surface area (Å²) in [4.78, 5) is 21.4. The molecule has 18 heavy (non-hydrogen) atoms. The molecule has 9 heteroatoms. The highest BCUT2D eigenvalue weighted by molar-refractivity contribution is 5.88. The first-order valence-electron chi connectivity index (χ1n) is 4.88. The van der Waals surface area contributed by atoms with Crippen LogP contribution in [0, 0.1) is 5.92 Å². The molecule has 0 fully saturated rings. The molecule has 0 spiro atoms. The molecular weight excluding hydrogens is 265 g/mol. The van der Waals surface area contributed by atoms with Crippen molar-refractivity contribution in [3.05, 3.63) is 0 Å². The van der Waals surface area contributed by atoms with Crippen molar-refractivity contribution in [2.75, 3.05) is 0 Å².